The molecule has 0 saturated carbocycles. The van der Waals surface area contributed by atoms with Gasteiger partial charge < -0.3 is 38.9 Å². The van der Waals surface area contributed by atoms with Gasteiger partial charge in [-0.15, -0.1) is 0 Å². The summed E-state index contributed by atoms with van der Waals surface area (Å²) in [7, 11) is 7.32. The maximum absolute atomic E-state index is 14.2. The molecular formula is C31H37NO10. The summed E-state index contributed by atoms with van der Waals surface area (Å²) in [5, 5.41) is 0. The molecule has 0 radical (unpaired) electrons. The first-order valence-electron chi connectivity index (χ1n) is 13.8. The largest absolute Gasteiger partial charge is 0.496 e. The van der Waals surface area contributed by atoms with Crippen LogP contribution >= 0.6 is 0 Å². The van der Waals surface area contributed by atoms with Gasteiger partial charge in [0.05, 0.1) is 56.3 Å². The van der Waals surface area contributed by atoms with E-state index in [0.29, 0.717) is 17.5 Å². The number of hydrogen-bond donors (Lipinski definition) is 1. The third kappa shape index (κ3) is 4.51. The van der Waals surface area contributed by atoms with Crippen LogP contribution in [-0.2, 0) is 30.2 Å². The highest BCUT2D eigenvalue weighted by molar-refractivity contribution is 6.31. The highest BCUT2D eigenvalue weighted by atomic mass is 16.7. The van der Waals surface area contributed by atoms with Crippen LogP contribution in [0.5, 0.6) is 17.2 Å². The number of carbonyl (C=O) groups is 3. The van der Waals surface area contributed by atoms with Gasteiger partial charge in [0, 0.05) is 56.2 Å². The molecule has 2 aromatic carbocycles. The average molecular weight is 584 g/mol. The molecule has 0 spiro atoms. The van der Waals surface area contributed by atoms with Crippen molar-refractivity contribution in [2.45, 2.75) is 69.4 Å². The molecule has 0 bridgehead atoms. The highest BCUT2D eigenvalue weighted by Gasteiger charge is 2.51. The Balaban J connectivity index is 1.74. The lowest BCUT2D eigenvalue weighted by Crippen LogP contribution is -2.53. The molecule has 1 heterocycles. The molecule has 6 atom stereocenters. The summed E-state index contributed by atoms with van der Waals surface area (Å²) < 4.78 is 41.3. The van der Waals surface area contributed by atoms with Crippen molar-refractivity contribution < 1.29 is 47.5 Å². The Morgan fingerprint density at radius 3 is 2.24 bits per heavy atom. The second-order valence-corrected chi connectivity index (χ2v) is 10.9. The second kappa shape index (κ2) is 11.4. The summed E-state index contributed by atoms with van der Waals surface area (Å²) in [6.07, 6.45) is -1.81. The van der Waals surface area contributed by atoms with E-state index in [1.807, 2.05) is 6.92 Å². The fraction of sp³-hybridized carbons (Fsp3) is 0.516. The standard InChI is InChI=1S/C31H37NO10/c1-14-28(37-4)18(32)11-21(41-14)42-20-13-31(40-7,15(2)33)12-17-23(20)30(39-6)25-24(29(17)38-5)26(34)16-9-8-10-19(36-3)22(16)27(25)35/h8-10,14,18,20-21,28H,11-13,32H2,1-7H3/t14?,18-,20+,21?,28+,31+/m1/s1. The van der Waals surface area contributed by atoms with Crippen LogP contribution in [-0.4, -0.2) is 83.0 Å². The number of hydrogen-bond acceptors (Lipinski definition) is 11. The molecule has 0 aromatic heterocycles. The summed E-state index contributed by atoms with van der Waals surface area (Å²) in [6.45, 7) is 3.30. The Labute approximate surface area is 244 Å². The maximum Gasteiger partial charge on any atom is 0.202 e. The number of Topliss-reactive ketones (excluding diaryl/α,β-unsaturated/α-hetero) is 1. The Morgan fingerprint density at radius 2 is 1.67 bits per heavy atom. The molecule has 1 saturated heterocycles. The first-order valence-corrected chi connectivity index (χ1v) is 13.8. The molecular weight excluding hydrogens is 546 g/mol. The number of fused-ring (bicyclic) bond motifs is 3. The topological polar surface area (TPSA) is 142 Å². The van der Waals surface area contributed by atoms with E-state index >= 15 is 0 Å². The lowest BCUT2D eigenvalue weighted by atomic mass is 9.71. The maximum atomic E-state index is 14.2. The van der Waals surface area contributed by atoms with E-state index in [-0.39, 0.29) is 76.4 Å². The summed E-state index contributed by atoms with van der Waals surface area (Å²) >= 11 is 0. The molecule has 11 heteroatoms. The van der Waals surface area contributed by atoms with Crippen molar-refractivity contribution in [2.24, 2.45) is 5.73 Å². The molecule has 1 aliphatic heterocycles. The molecule has 2 unspecified atom stereocenters. The number of methoxy groups -OCH3 is 5. The first-order chi connectivity index (χ1) is 20.1. The predicted octanol–water partition coefficient (Wildman–Crippen LogP) is 2.94. The fourth-order valence-electron chi connectivity index (χ4n) is 6.70. The number of ether oxygens (including phenoxy) is 7. The van der Waals surface area contributed by atoms with E-state index in [4.69, 9.17) is 38.9 Å². The summed E-state index contributed by atoms with van der Waals surface area (Å²) in [6, 6.07) is 4.48. The zero-order valence-electron chi connectivity index (χ0n) is 24.9. The van der Waals surface area contributed by atoms with Crippen LogP contribution in [0.3, 0.4) is 0 Å². The monoisotopic (exact) mass is 583 g/mol. The van der Waals surface area contributed by atoms with E-state index in [1.54, 1.807) is 25.3 Å². The zero-order chi connectivity index (χ0) is 30.5. The molecule has 11 nitrogen and oxygen atoms in total. The van der Waals surface area contributed by atoms with Crippen molar-refractivity contribution in [1.29, 1.82) is 0 Å². The molecule has 2 aliphatic carbocycles. The number of rotatable bonds is 8. The summed E-state index contributed by atoms with van der Waals surface area (Å²) in [5.41, 5.74) is 6.49. The van der Waals surface area contributed by atoms with Crippen LogP contribution in [0, 0.1) is 0 Å². The summed E-state index contributed by atoms with van der Waals surface area (Å²) in [5.74, 6) is -0.504. The third-order valence-electron chi connectivity index (χ3n) is 8.76. The quantitative estimate of drug-likeness (QED) is 0.418. The van der Waals surface area contributed by atoms with Crippen molar-refractivity contribution >= 4 is 17.3 Å². The third-order valence-corrected chi connectivity index (χ3v) is 8.76. The minimum Gasteiger partial charge on any atom is -0.496 e. The highest BCUT2D eigenvalue weighted by Crippen LogP contribution is 2.53. The number of ketones is 3. The van der Waals surface area contributed by atoms with Gasteiger partial charge in [-0.3, -0.25) is 14.4 Å². The van der Waals surface area contributed by atoms with Crippen LogP contribution < -0.4 is 19.9 Å². The van der Waals surface area contributed by atoms with Crippen molar-refractivity contribution in [3.63, 3.8) is 0 Å². The van der Waals surface area contributed by atoms with Gasteiger partial charge in [0.2, 0.25) is 5.78 Å². The van der Waals surface area contributed by atoms with Gasteiger partial charge in [-0.1, -0.05) is 12.1 Å². The number of carbonyl (C=O) groups excluding carboxylic acids is 3. The van der Waals surface area contributed by atoms with Gasteiger partial charge in [-0.25, -0.2) is 0 Å². The minimum atomic E-state index is -1.30. The Morgan fingerprint density at radius 1 is 0.976 bits per heavy atom. The molecule has 5 rings (SSSR count). The van der Waals surface area contributed by atoms with E-state index in [9.17, 15) is 14.4 Å². The van der Waals surface area contributed by atoms with E-state index < -0.39 is 29.6 Å². The molecule has 2 aromatic rings. The fourth-order valence-corrected chi connectivity index (χ4v) is 6.70. The molecule has 226 valence electrons. The van der Waals surface area contributed by atoms with Crippen LogP contribution in [0.4, 0.5) is 0 Å². The SMILES string of the molecule is COc1cccc2c1C(=O)c1c(OC)c3c(c(OC)c1C2=O)C[C@@](OC)(C(C)=O)C[C@@H]3OC1C[C@@H](N)[C@@H](OC)C(C)O1. The van der Waals surface area contributed by atoms with E-state index in [2.05, 4.69) is 0 Å². The molecule has 2 N–H and O–H groups in total. The van der Waals surface area contributed by atoms with Crippen LogP contribution in [0.15, 0.2) is 18.2 Å². The smallest absolute Gasteiger partial charge is 0.202 e. The molecule has 0 amide bonds. The van der Waals surface area contributed by atoms with Crippen LogP contribution in [0.2, 0.25) is 0 Å². The van der Waals surface area contributed by atoms with Gasteiger partial charge >= 0.3 is 0 Å². The Hall–Kier alpha value is -3.35. The van der Waals surface area contributed by atoms with Crippen molar-refractivity contribution in [2.75, 3.05) is 35.5 Å². The number of nitrogens with two attached hydrogens (primary N) is 1. The van der Waals surface area contributed by atoms with E-state index in [1.165, 1.54) is 35.4 Å². The summed E-state index contributed by atoms with van der Waals surface area (Å²) in [4.78, 5) is 41.3. The minimum absolute atomic E-state index is 0.0468. The average Bonchev–Trinajstić information content (AvgIpc) is 2.97. The zero-order valence-corrected chi connectivity index (χ0v) is 24.9. The normalized spacial score (nSPS) is 28.4. The molecule has 1 fully saturated rings. The van der Waals surface area contributed by atoms with Crippen molar-refractivity contribution in [3.8, 4) is 17.2 Å². The number of benzene rings is 2. The first kappa shape index (κ1) is 30.1. The Kier molecular flexibility index (Phi) is 8.16. The predicted molar refractivity (Wildman–Crippen MR) is 150 cm³/mol. The van der Waals surface area contributed by atoms with E-state index in [0.717, 1.165) is 0 Å². The van der Waals surface area contributed by atoms with Crippen molar-refractivity contribution in [1.82, 2.24) is 0 Å². The molecule has 3 aliphatic rings. The van der Waals surface area contributed by atoms with Crippen LogP contribution in [0.1, 0.15) is 75.8 Å². The lowest BCUT2D eigenvalue weighted by Gasteiger charge is -2.44. The van der Waals surface area contributed by atoms with Crippen LogP contribution in [0.25, 0.3) is 0 Å². The van der Waals surface area contributed by atoms with Gasteiger partial charge in [-0.05, 0) is 19.9 Å². The Bertz CT molecular complexity index is 1430. The second-order valence-electron chi connectivity index (χ2n) is 10.9. The van der Waals surface area contributed by atoms with Gasteiger partial charge in [0.15, 0.2) is 17.9 Å². The van der Waals surface area contributed by atoms with Gasteiger partial charge in [0.1, 0.15) is 22.8 Å². The van der Waals surface area contributed by atoms with Crippen molar-refractivity contribution in [3.05, 3.63) is 51.6 Å². The lowest BCUT2D eigenvalue weighted by molar-refractivity contribution is -0.251. The van der Waals surface area contributed by atoms with Gasteiger partial charge in [-0.2, -0.15) is 0 Å². The van der Waals surface area contributed by atoms with Gasteiger partial charge in [0.25, 0.3) is 0 Å². The molecule has 42 heavy (non-hydrogen) atoms.